The van der Waals surface area contributed by atoms with E-state index >= 15 is 0 Å². The molecule has 0 bridgehead atoms. The van der Waals surface area contributed by atoms with Gasteiger partial charge in [-0.05, 0) is 26.2 Å². The van der Waals surface area contributed by atoms with E-state index in [1.807, 2.05) is 24.0 Å². The number of aryl methyl sites for hydroxylation is 2. The van der Waals surface area contributed by atoms with Crippen LogP contribution in [0.3, 0.4) is 0 Å². The third kappa shape index (κ3) is 3.10. The Morgan fingerprint density at radius 3 is 2.74 bits per heavy atom. The molecule has 1 saturated heterocycles. The van der Waals surface area contributed by atoms with E-state index in [0.717, 1.165) is 56.8 Å². The van der Waals surface area contributed by atoms with Crippen LogP contribution in [-0.4, -0.2) is 45.4 Å². The van der Waals surface area contributed by atoms with Gasteiger partial charge in [0.15, 0.2) is 11.6 Å². The summed E-state index contributed by atoms with van der Waals surface area (Å²) in [5, 5.41) is 12.8. The molecule has 4 heterocycles. The van der Waals surface area contributed by atoms with Gasteiger partial charge in [0.05, 0.1) is 17.7 Å². The summed E-state index contributed by atoms with van der Waals surface area (Å²) in [7, 11) is 0. The first kappa shape index (κ1) is 18.3. The molecule has 0 aromatic carbocycles. The lowest BCUT2D eigenvalue weighted by Crippen LogP contribution is -2.54. The number of hydrogen-bond acceptors (Lipinski definition) is 7. The number of nitrogens with one attached hydrogen (secondary N) is 1. The van der Waals surface area contributed by atoms with Gasteiger partial charge in [0, 0.05) is 44.0 Å². The van der Waals surface area contributed by atoms with Crippen molar-refractivity contribution in [3.8, 4) is 0 Å². The molecule has 27 heavy (non-hydrogen) atoms. The topological polar surface area (TPSA) is 90.4 Å². The third-order valence-electron chi connectivity index (χ3n) is 5.77. The number of rotatable bonds is 6. The minimum absolute atomic E-state index is 0.101. The smallest absolute Gasteiger partial charge is 0.226 e. The summed E-state index contributed by atoms with van der Waals surface area (Å²) >= 11 is 0. The Labute approximate surface area is 159 Å². The van der Waals surface area contributed by atoms with Gasteiger partial charge in [0.1, 0.15) is 0 Å². The van der Waals surface area contributed by atoms with Crippen molar-refractivity contribution in [3.63, 3.8) is 0 Å². The zero-order valence-corrected chi connectivity index (χ0v) is 16.3. The van der Waals surface area contributed by atoms with Crippen LogP contribution in [-0.2, 0) is 23.2 Å². The minimum Gasteiger partial charge on any atom is -0.381 e. The second-order valence-electron chi connectivity index (χ2n) is 7.21. The van der Waals surface area contributed by atoms with Crippen LogP contribution in [0.4, 0.5) is 5.82 Å². The van der Waals surface area contributed by atoms with Crippen LogP contribution in [0.15, 0.2) is 15.7 Å². The van der Waals surface area contributed by atoms with Gasteiger partial charge >= 0.3 is 0 Å². The van der Waals surface area contributed by atoms with Gasteiger partial charge in [-0.3, -0.25) is 0 Å². The van der Waals surface area contributed by atoms with E-state index in [1.54, 1.807) is 0 Å². The molecule has 2 aromatic heterocycles. The van der Waals surface area contributed by atoms with Crippen molar-refractivity contribution >= 4 is 12.0 Å². The van der Waals surface area contributed by atoms with Crippen molar-refractivity contribution in [2.45, 2.75) is 70.5 Å². The van der Waals surface area contributed by atoms with Crippen LogP contribution in [0.5, 0.6) is 0 Å². The number of aliphatic imine (C=N–C) groups is 1. The van der Waals surface area contributed by atoms with Crippen LogP contribution < -0.4 is 5.32 Å². The van der Waals surface area contributed by atoms with Gasteiger partial charge in [0.2, 0.25) is 5.89 Å². The molecular formula is C19H28N6O2. The zero-order valence-electron chi connectivity index (χ0n) is 16.3. The fourth-order valence-corrected chi connectivity index (χ4v) is 4.21. The average molecular weight is 372 g/mol. The van der Waals surface area contributed by atoms with Gasteiger partial charge in [-0.1, -0.05) is 19.0 Å². The molecule has 2 aliphatic heterocycles. The van der Waals surface area contributed by atoms with Gasteiger partial charge in [-0.25, -0.2) is 9.67 Å². The molecule has 1 fully saturated rings. The molecular weight excluding hydrogens is 344 g/mol. The Morgan fingerprint density at radius 1 is 1.26 bits per heavy atom. The van der Waals surface area contributed by atoms with Crippen molar-refractivity contribution in [2.75, 3.05) is 13.2 Å². The van der Waals surface area contributed by atoms with E-state index in [9.17, 15) is 0 Å². The van der Waals surface area contributed by atoms with Crippen molar-refractivity contribution in [3.05, 3.63) is 23.5 Å². The van der Waals surface area contributed by atoms with Crippen LogP contribution in [0.25, 0.3) is 0 Å². The predicted molar refractivity (Wildman–Crippen MR) is 101 cm³/mol. The molecule has 4 rings (SSSR count). The number of ether oxygens (including phenoxy) is 1. The monoisotopic (exact) mass is 372 g/mol. The Balaban J connectivity index is 1.79. The maximum absolute atomic E-state index is 5.55. The largest absolute Gasteiger partial charge is 0.381 e. The van der Waals surface area contributed by atoms with Gasteiger partial charge in [-0.2, -0.15) is 10.1 Å². The van der Waals surface area contributed by atoms with Gasteiger partial charge in [0.25, 0.3) is 0 Å². The normalized spacial score (nSPS) is 25.7. The Morgan fingerprint density at radius 2 is 2.07 bits per heavy atom. The summed E-state index contributed by atoms with van der Waals surface area (Å²) in [6, 6.07) is 0.378. The van der Waals surface area contributed by atoms with Crippen LogP contribution in [0.2, 0.25) is 0 Å². The van der Waals surface area contributed by atoms with Crippen molar-refractivity contribution < 1.29 is 9.26 Å². The summed E-state index contributed by atoms with van der Waals surface area (Å²) in [6.45, 7) is 8.67. The SMILES string of the molecule is CCc1nc(C2C=Nc3c(cnn3CC)C2(CC)NC2CCOCC2)no1. The van der Waals surface area contributed by atoms with E-state index in [4.69, 9.17) is 14.3 Å². The number of nitrogens with zero attached hydrogens (tertiary/aromatic N) is 5. The summed E-state index contributed by atoms with van der Waals surface area (Å²) < 4.78 is 12.9. The lowest BCUT2D eigenvalue weighted by Gasteiger charge is -2.43. The maximum Gasteiger partial charge on any atom is 0.226 e. The molecule has 0 spiro atoms. The molecule has 8 nitrogen and oxygen atoms in total. The van der Waals surface area contributed by atoms with Crippen LogP contribution in [0, 0.1) is 0 Å². The summed E-state index contributed by atoms with van der Waals surface area (Å²) in [5.41, 5.74) is 0.759. The second-order valence-corrected chi connectivity index (χ2v) is 7.21. The number of fused-ring (bicyclic) bond motifs is 1. The zero-order chi connectivity index (χ0) is 18.9. The van der Waals surface area contributed by atoms with Crippen molar-refractivity contribution in [1.29, 1.82) is 0 Å². The Bertz CT molecular complexity index is 807. The standard InChI is InChI=1S/C19H28N6O2/c1-4-16-22-17(24-27-16)14-11-20-18-15(12-21-25(18)6-3)19(14,5-2)23-13-7-9-26-10-8-13/h11-14,23H,4-10H2,1-3H3. The Hall–Kier alpha value is -2.06. The molecule has 146 valence electrons. The highest BCUT2D eigenvalue weighted by molar-refractivity contribution is 5.77. The molecule has 2 aromatic rings. The number of aromatic nitrogens is 4. The van der Waals surface area contributed by atoms with E-state index in [1.165, 1.54) is 0 Å². The molecule has 2 atom stereocenters. The first-order chi connectivity index (χ1) is 13.2. The molecule has 0 radical (unpaired) electrons. The molecule has 0 amide bonds. The van der Waals surface area contributed by atoms with Crippen molar-refractivity contribution in [1.82, 2.24) is 25.2 Å². The predicted octanol–water partition coefficient (Wildman–Crippen LogP) is 2.72. The first-order valence-corrected chi connectivity index (χ1v) is 10.00. The Kier molecular flexibility index (Phi) is 5.10. The molecule has 8 heteroatoms. The quantitative estimate of drug-likeness (QED) is 0.838. The van der Waals surface area contributed by atoms with Crippen LogP contribution in [0.1, 0.15) is 63.2 Å². The average Bonchev–Trinajstić information content (AvgIpc) is 3.35. The molecule has 2 unspecified atom stereocenters. The molecule has 0 aliphatic carbocycles. The van der Waals surface area contributed by atoms with Gasteiger partial charge in [-0.15, -0.1) is 0 Å². The second kappa shape index (κ2) is 7.52. The highest BCUT2D eigenvalue weighted by Gasteiger charge is 2.47. The minimum atomic E-state index is -0.360. The molecule has 0 saturated carbocycles. The highest BCUT2D eigenvalue weighted by Crippen LogP contribution is 2.46. The van der Waals surface area contributed by atoms with Gasteiger partial charge < -0.3 is 14.6 Å². The fourth-order valence-electron chi connectivity index (χ4n) is 4.21. The van der Waals surface area contributed by atoms with E-state index in [0.29, 0.717) is 17.8 Å². The fraction of sp³-hybridized carbons (Fsp3) is 0.684. The van der Waals surface area contributed by atoms with Crippen LogP contribution >= 0.6 is 0 Å². The third-order valence-corrected chi connectivity index (χ3v) is 5.77. The first-order valence-electron chi connectivity index (χ1n) is 10.00. The van der Waals surface area contributed by atoms with E-state index < -0.39 is 0 Å². The summed E-state index contributed by atoms with van der Waals surface area (Å²) in [5.74, 6) is 2.17. The lowest BCUT2D eigenvalue weighted by molar-refractivity contribution is 0.0648. The molecule has 1 N–H and O–H groups in total. The summed E-state index contributed by atoms with van der Waals surface area (Å²) in [6.07, 6.45) is 7.52. The molecule has 2 aliphatic rings. The lowest BCUT2D eigenvalue weighted by atomic mass is 9.74. The highest BCUT2D eigenvalue weighted by atomic mass is 16.5. The van der Waals surface area contributed by atoms with Crippen molar-refractivity contribution in [2.24, 2.45) is 4.99 Å². The maximum atomic E-state index is 5.55. The summed E-state index contributed by atoms with van der Waals surface area (Å²) in [4.78, 5) is 9.37. The van der Waals surface area contributed by atoms with E-state index in [-0.39, 0.29) is 11.5 Å². The number of hydrogen-bond donors (Lipinski definition) is 1. The van der Waals surface area contributed by atoms with E-state index in [2.05, 4.69) is 34.4 Å².